The van der Waals surface area contributed by atoms with Gasteiger partial charge in [-0.05, 0) is 50.4 Å². The van der Waals surface area contributed by atoms with Gasteiger partial charge in [0.1, 0.15) is 10.4 Å². The molecule has 2 fully saturated rings. The van der Waals surface area contributed by atoms with Crippen molar-refractivity contribution in [3.63, 3.8) is 0 Å². The molecule has 4 aromatic rings. The highest BCUT2D eigenvalue weighted by atomic mass is 32.1. The minimum Gasteiger partial charge on any atom is -0.477 e. The van der Waals surface area contributed by atoms with Gasteiger partial charge in [-0.15, -0.1) is 11.3 Å². The predicted molar refractivity (Wildman–Crippen MR) is 125 cm³/mol. The number of benzene rings is 1. The molecule has 32 heavy (non-hydrogen) atoms. The van der Waals surface area contributed by atoms with Gasteiger partial charge in [0.15, 0.2) is 5.65 Å². The number of nitrogens with zero attached hydrogens (tertiary/aromatic N) is 5. The summed E-state index contributed by atoms with van der Waals surface area (Å²) < 4.78 is 2.72. The van der Waals surface area contributed by atoms with Crippen LogP contribution in [0.25, 0.3) is 26.1 Å². The second kappa shape index (κ2) is 6.98. The molecule has 2 saturated heterocycles. The lowest BCUT2D eigenvalue weighted by Gasteiger charge is -2.39. The number of piperidine rings is 1. The van der Waals surface area contributed by atoms with Gasteiger partial charge in [-0.1, -0.05) is 12.1 Å². The molecule has 2 aliphatic rings. The number of hydrogen-bond donors (Lipinski definition) is 1. The Kier molecular flexibility index (Phi) is 4.28. The molecule has 1 aromatic carbocycles. The van der Waals surface area contributed by atoms with Gasteiger partial charge < -0.3 is 14.9 Å². The average Bonchev–Trinajstić information content (AvgIpc) is 3.34. The Labute approximate surface area is 187 Å². The average molecular weight is 450 g/mol. The van der Waals surface area contributed by atoms with Crippen LogP contribution in [0.15, 0.2) is 35.3 Å². The number of hydrogen-bond acceptors (Lipinski definition) is 7. The van der Waals surface area contributed by atoms with Crippen LogP contribution in [0.3, 0.4) is 0 Å². The summed E-state index contributed by atoms with van der Waals surface area (Å²) in [4.78, 5) is 39.4. The largest absolute Gasteiger partial charge is 0.477 e. The fourth-order valence-corrected chi connectivity index (χ4v) is 6.55. The van der Waals surface area contributed by atoms with Crippen LogP contribution in [0.1, 0.15) is 29.6 Å². The molecule has 0 saturated carbocycles. The van der Waals surface area contributed by atoms with Crippen LogP contribution in [0, 0.1) is 5.41 Å². The standard InChI is InChI=1S/C23H23N5O3S/c1-26-9-6-23(13-26)7-10-27(11-8-23)22-24-12-14-18(29)17(21(30)31)20-28(19(14)25-22)15-4-2-3-5-16(15)32-20/h2-5,12H,6-11,13H2,1H3,(H,30,31). The van der Waals surface area contributed by atoms with Gasteiger partial charge in [0.05, 0.1) is 15.6 Å². The second-order valence-electron chi connectivity index (χ2n) is 9.10. The molecule has 5 heterocycles. The molecule has 9 heteroatoms. The zero-order chi connectivity index (χ0) is 22.0. The van der Waals surface area contributed by atoms with Gasteiger partial charge in [0.25, 0.3) is 0 Å². The first kappa shape index (κ1) is 19.6. The highest BCUT2D eigenvalue weighted by Gasteiger charge is 2.39. The van der Waals surface area contributed by atoms with Crippen LogP contribution < -0.4 is 10.3 Å². The lowest BCUT2D eigenvalue weighted by molar-refractivity contribution is 0.0697. The van der Waals surface area contributed by atoms with Crippen LogP contribution in [0.4, 0.5) is 5.95 Å². The molecule has 2 aliphatic heterocycles. The summed E-state index contributed by atoms with van der Waals surface area (Å²) in [6.07, 6.45) is 4.95. The fraction of sp³-hybridized carbons (Fsp3) is 0.391. The van der Waals surface area contributed by atoms with E-state index in [0.717, 1.165) is 49.2 Å². The number of rotatable bonds is 2. The van der Waals surface area contributed by atoms with Gasteiger partial charge in [0.2, 0.25) is 11.4 Å². The molecule has 0 radical (unpaired) electrons. The Morgan fingerprint density at radius 3 is 2.62 bits per heavy atom. The third-order valence-electron chi connectivity index (χ3n) is 7.12. The van der Waals surface area contributed by atoms with Crippen molar-refractivity contribution in [3.8, 4) is 0 Å². The van der Waals surface area contributed by atoms with Crippen molar-refractivity contribution in [2.45, 2.75) is 19.3 Å². The minimum absolute atomic E-state index is 0.222. The first-order valence-corrected chi connectivity index (χ1v) is 11.7. The van der Waals surface area contributed by atoms with Crippen LogP contribution >= 0.6 is 11.3 Å². The number of pyridine rings is 1. The number of anilines is 1. The van der Waals surface area contributed by atoms with Crippen LogP contribution in [-0.2, 0) is 0 Å². The summed E-state index contributed by atoms with van der Waals surface area (Å²) in [5.41, 5.74) is 0.957. The summed E-state index contributed by atoms with van der Waals surface area (Å²) >= 11 is 1.30. The van der Waals surface area contributed by atoms with Crippen molar-refractivity contribution >= 4 is 49.3 Å². The number of para-hydroxylation sites is 1. The van der Waals surface area contributed by atoms with E-state index in [2.05, 4.69) is 21.8 Å². The molecule has 164 valence electrons. The van der Waals surface area contributed by atoms with Crippen molar-refractivity contribution in [1.82, 2.24) is 19.3 Å². The quantitative estimate of drug-likeness (QED) is 0.503. The molecular formula is C23H23N5O3S. The number of likely N-dealkylation sites (tertiary alicyclic amines) is 1. The van der Waals surface area contributed by atoms with Gasteiger partial charge in [-0.2, -0.15) is 4.98 Å². The van der Waals surface area contributed by atoms with Gasteiger partial charge in [-0.25, -0.2) is 9.78 Å². The van der Waals surface area contributed by atoms with Crippen LogP contribution in [0.2, 0.25) is 0 Å². The molecular weight excluding hydrogens is 426 g/mol. The maximum absolute atomic E-state index is 13.1. The van der Waals surface area contributed by atoms with Crippen molar-refractivity contribution < 1.29 is 9.90 Å². The third kappa shape index (κ3) is 2.84. The smallest absolute Gasteiger partial charge is 0.342 e. The van der Waals surface area contributed by atoms with Crippen LogP contribution in [0.5, 0.6) is 0 Å². The molecule has 0 amide bonds. The van der Waals surface area contributed by atoms with Gasteiger partial charge in [-0.3, -0.25) is 9.20 Å². The van der Waals surface area contributed by atoms with Crippen molar-refractivity contribution in [3.05, 3.63) is 46.2 Å². The number of carbonyl (C=O) groups is 1. The molecule has 0 aliphatic carbocycles. The fourth-order valence-electron chi connectivity index (χ4n) is 5.38. The number of aromatic nitrogens is 3. The van der Waals surface area contributed by atoms with E-state index in [0.29, 0.717) is 21.8 Å². The minimum atomic E-state index is -1.23. The molecule has 8 nitrogen and oxygen atoms in total. The molecule has 6 rings (SSSR count). The van der Waals surface area contributed by atoms with E-state index < -0.39 is 11.4 Å². The number of carboxylic acids is 1. The third-order valence-corrected chi connectivity index (χ3v) is 8.26. The summed E-state index contributed by atoms with van der Waals surface area (Å²) in [6.45, 7) is 4.07. The normalized spacial score (nSPS) is 19.0. The molecule has 0 bridgehead atoms. The van der Waals surface area contributed by atoms with Gasteiger partial charge >= 0.3 is 5.97 Å². The van der Waals surface area contributed by atoms with Crippen molar-refractivity contribution in [1.29, 1.82) is 0 Å². The Bertz CT molecular complexity index is 1450. The van der Waals surface area contributed by atoms with Crippen LogP contribution in [-0.4, -0.2) is 63.6 Å². The summed E-state index contributed by atoms with van der Waals surface area (Å²) in [5, 5.41) is 10.0. The Balaban J connectivity index is 1.50. The van der Waals surface area contributed by atoms with Crippen molar-refractivity contribution in [2.24, 2.45) is 5.41 Å². The lowest BCUT2D eigenvalue weighted by atomic mass is 9.78. The number of thiazole rings is 1. The van der Waals surface area contributed by atoms with Gasteiger partial charge in [0, 0.05) is 25.8 Å². The summed E-state index contributed by atoms with van der Waals surface area (Å²) in [7, 11) is 2.19. The number of aromatic carboxylic acids is 1. The van der Waals surface area contributed by atoms with E-state index in [9.17, 15) is 14.7 Å². The zero-order valence-electron chi connectivity index (χ0n) is 17.7. The maximum atomic E-state index is 13.1. The molecule has 3 aromatic heterocycles. The Morgan fingerprint density at radius 1 is 1.16 bits per heavy atom. The molecule has 1 N–H and O–H groups in total. The maximum Gasteiger partial charge on any atom is 0.342 e. The SMILES string of the molecule is CN1CCC2(CCN(c3ncc4c(=O)c(C(=O)O)c5sc6ccccc6n5c4n3)CC2)C1. The van der Waals surface area contributed by atoms with E-state index in [1.807, 2.05) is 28.7 Å². The first-order valence-electron chi connectivity index (χ1n) is 10.9. The molecule has 0 atom stereocenters. The summed E-state index contributed by atoms with van der Waals surface area (Å²) in [6, 6.07) is 7.67. The monoisotopic (exact) mass is 449 g/mol. The second-order valence-corrected chi connectivity index (χ2v) is 10.1. The van der Waals surface area contributed by atoms with E-state index in [1.165, 1.54) is 24.0 Å². The van der Waals surface area contributed by atoms with E-state index in [1.54, 1.807) is 0 Å². The van der Waals surface area contributed by atoms with E-state index >= 15 is 0 Å². The predicted octanol–water partition coefficient (Wildman–Crippen LogP) is 3.08. The summed E-state index contributed by atoms with van der Waals surface area (Å²) in [5.74, 6) is -0.627. The molecule has 0 unspecified atom stereocenters. The zero-order valence-corrected chi connectivity index (χ0v) is 18.6. The van der Waals surface area contributed by atoms with Crippen molar-refractivity contribution in [2.75, 3.05) is 38.1 Å². The highest BCUT2D eigenvalue weighted by molar-refractivity contribution is 7.24. The lowest BCUT2D eigenvalue weighted by Crippen LogP contribution is -2.42. The highest BCUT2D eigenvalue weighted by Crippen LogP contribution is 2.40. The first-order chi connectivity index (χ1) is 15.5. The Hall–Kier alpha value is -3.04. The topological polar surface area (TPSA) is 91.0 Å². The number of carboxylic acid groups (broad SMARTS) is 1. The Morgan fingerprint density at radius 2 is 1.91 bits per heavy atom. The number of fused-ring (bicyclic) bond motifs is 5. The molecule has 1 spiro atoms. The van der Waals surface area contributed by atoms with E-state index in [-0.39, 0.29) is 10.9 Å². The van der Waals surface area contributed by atoms with E-state index in [4.69, 9.17) is 4.98 Å².